The van der Waals surface area contributed by atoms with Crippen molar-refractivity contribution in [2.24, 2.45) is 5.73 Å². The minimum Gasteiger partial charge on any atom is -0.357 e. The number of nitrogens with zero attached hydrogens (tertiary/aromatic N) is 2. The van der Waals surface area contributed by atoms with Crippen LogP contribution < -0.4 is 10.6 Å². The van der Waals surface area contributed by atoms with Gasteiger partial charge in [0.2, 0.25) is 0 Å². The molecule has 1 aliphatic heterocycles. The van der Waals surface area contributed by atoms with E-state index >= 15 is 0 Å². The van der Waals surface area contributed by atoms with Gasteiger partial charge in [0.1, 0.15) is 5.82 Å². The van der Waals surface area contributed by atoms with E-state index in [0.29, 0.717) is 0 Å². The first kappa shape index (κ1) is 11.0. The van der Waals surface area contributed by atoms with Gasteiger partial charge in [0.25, 0.3) is 0 Å². The van der Waals surface area contributed by atoms with Gasteiger partial charge in [0.15, 0.2) is 0 Å². The largest absolute Gasteiger partial charge is 0.357 e. The van der Waals surface area contributed by atoms with E-state index in [1.54, 1.807) is 0 Å². The zero-order chi connectivity index (χ0) is 11.7. The molecular weight excluding hydrogens is 210 g/mol. The molecule has 2 fully saturated rings. The van der Waals surface area contributed by atoms with E-state index in [4.69, 9.17) is 5.73 Å². The SMILES string of the molecule is NC1(CCc2ccc(N3CCCC3)nc2)CC1. The highest BCUT2D eigenvalue weighted by atomic mass is 15.2. The summed E-state index contributed by atoms with van der Waals surface area (Å²) in [5.41, 5.74) is 7.58. The molecule has 2 heterocycles. The fourth-order valence-corrected chi connectivity index (χ4v) is 2.50. The van der Waals surface area contributed by atoms with Crippen molar-refractivity contribution in [3.63, 3.8) is 0 Å². The van der Waals surface area contributed by atoms with Crippen LogP contribution in [0.1, 0.15) is 37.7 Å². The summed E-state index contributed by atoms with van der Waals surface area (Å²) in [6, 6.07) is 4.38. The maximum absolute atomic E-state index is 6.10. The van der Waals surface area contributed by atoms with E-state index in [9.17, 15) is 0 Å². The Kier molecular flexibility index (Phi) is 2.79. The first-order valence-corrected chi connectivity index (χ1v) is 6.74. The number of anilines is 1. The van der Waals surface area contributed by atoms with Crippen molar-refractivity contribution in [3.8, 4) is 0 Å². The molecule has 1 aromatic heterocycles. The Balaban J connectivity index is 1.59. The molecule has 3 rings (SSSR count). The molecule has 0 amide bonds. The van der Waals surface area contributed by atoms with Gasteiger partial charge in [0, 0.05) is 24.8 Å². The van der Waals surface area contributed by atoms with Crippen LogP contribution in [0.15, 0.2) is 18.3 Å². The number of rotatable bonds is 4. The maximum atomic E-state index is 6.10. The lowest BCUT2D eigenvalue weighted by atomic mass is 10.1. The Hall–Kier alpha value is -1.09. The second-order valence-corrected chi connectivity index (χ2v) is 5.58. The molecule has 0 bridgehead atoms. The van der Waals surface area contributed by atoms with Crippen molar-refractivity contribution in [2.75, 3.05) is 18.0 Å². The molecule has 1 aromatic rings. The highest BCUT2D eigenvalue weighted by Crippen LogP contribution is 2.36. The summed E-state index contributed by atoms with van der Waals surface area (Å²) in [7, 11) is 0. The van der Waals surface area contributed by atoms with Crippen LogP contribution in [0.2, 0.25) is 0 Å². The molecule has 1 aliphatic carbocycles. The summed E-state index contributed by atoms with van der Waals surface area (Å²) in [6.07, 6.45) is 9.22. The van der Waals surface area contributed by atoms with Gasteiger partial charge in [-0.25, -0.2) is 4.98 Å². The summed E-state index contributed by atoms with van der Waals surface area (Å²) in [5.74, 6) is 1.14. The molecule has 92 valence electrons. The number of pyridine rings is 1. The zero-order valence-corrected chi connectivity index (χ0v) is 10.4. The van der Waals surface area contributed by atoms with Crippen molar-refractivity contribution in [1.82, 2.24) is 4.98 Å². The van der Waals surface area contributed by atoms with Crippen LogP contribution >= 0.6 is 0 Å². The summed E-state index contributed by atoms with van der Waals surface area (Å²) < 4.78 is 0. The van der Waals surface area contributed by atoms with Crippen LogP contribution in [0.3, 0.4) is 0 Å². The predicted molar refractivity (Wildman–Crippen MR) is 70.2 cm³/mol. The standard InChI is InChI=1S/C14H21N3/c15-14(7-8-14)6-5-12-3-4-13(16-11-12)17-9-1-2-10-17/h3-4,11H,1-2,5-10,15H2. The number of aryl methyl sites for hydroxylation is 1. The summed E-state index contributed by atoms with van der Waals surface area (Å²) in [4.78, 5) is 6.94. The molecule has 0 aromatic carbocycles. The topological polar surface area (TPSA) is 42.1 Å². The second-order valence-electron chi connectivity index (χ2n) is 5.58. The van der Waals surface area contributed by atoms with E-state index < -0.39 is 0 Å². The normalized spacial score (nSPS) is 21.8. The van der Waals surface area contributed by atoms with Crippen LogP contribution in [-0.4, -0.2) is 23.6 Å². The highest BCUT2D eigenvalue weighted by molar-refractivity contribution is 5.40. The first-order valence-electron chi connectivity index (χ1n) is 6.74. The van der Waals surface area contributed by atoms with Crippen LogP contribution in [0.4, 0.5) is 5.82 Å². The molecule has 1 saturated heterocycles. The van der Waals surface area contributed by atoms with Gasteiger partial charge < -0.3 is 10.6 Å². The molecule has 0 spiro atoms. The average molecular weight is 231 g/mol. The Morgan fingerprint density at radius 1 is 1.24 bits per heavy atom. The van der Waals surface area contributed by atoms with E-state index in [-0.39, 0.29) is 5.54 Å². The fraction of sp³-hybridized carbons (Fsp3) is 0.643. The third-order valence-electron chi connectivity index (χ3n) is 4.04. The van der Waals surface area contributed by atoms with Crippen molar-refractivity contribution in [1.29, 1.82) is 0 Å². The van der Waals surface area contributed by atoms with Crippen LogP contribution in [-0.2, 0) is 6.42 Å². The molecule has 0 unspecified atom stereocenters. The Morgan fingerprint density at radius 2 is 2.00 bits per heavy atom. The number of hydrogen-bond donors (Lipinski definition) is 1. The van der Waals surface area contributed by atoms with Crippen LogP contribution in [0.5, 0.6) is 0 Å². The van der Waals surface area contributed by atoms with Crippen molar-refractivity contribution >= 4 is 5.82 Å². The van der Waals surface area contributed by atoms with E-state index in [1.165, 1.54) is 31.2 Å². The van der Waals surface area contributed by atoms with Crippen molar-refractivity contribution in [3.05, 3.63) is 23.9 Å². The van der Waals surface area contributed by atoms with Gasteiger partial charge in [-0.3, -0.25) is 0 Å². The van der Waals surface area contributed by atoms with Gasteiger partial charge in [-0.05, 0) is 50.2 Å². The lowest BCUT2D eigenvalue weighted by molar-refractivity contribution is 0.608. The lowest BCUT2D eigenvalue weighted by Gasteiger charge is -2.16. The Morgan fingerprint density at radius 3 is 2.59 bits per heavy atom. The van der Waals surface area contributed by atoms with Crippen LogP contribution in [0.25, 0.3) is 0 Å². The molecular formula is C14H21N3. The van der Waals surface area contributed by atoms with Gasteiger partial charge in [-0.15, -0.1) is 0 Å². The highest BCUT2D eigenvalue weighted by Gasteiger charge is 2.37. The third kappa shape index (κ3) is 2.60. The first-order chi connectivity index (χ1) is 8.25. The number of aromatic nitrogens is 1. The number of hydrogen-bond acceptors (Lipinski definition) is 3. The van der Waals surface area contributed by atoms with Gasteiger partial charge >= 0.3 is 0 Å². The van der Waals surface area contributed by atoms with Crippen LogP contribution in [0, 0.1) is 0 Å². The fourth-order valence-electron chi connectivity index (χ4n) is 2.50. The molecule has 0 radical (unpaired) electrons. The van der Waals surface area contributed by atoms with Crippen molar-refractivity contribution in [2.45, 2.75) is 44.1 Å². The summed E-state index contributed by atoms with van der Waals surface area (Å²) in [6.45, 7) is 2.33. The lowest BCUT2D eigenvalue weighted by Crippen LogP contribution is -2.22. The third-order valence-corrected chi connectivity index (χ3v) is 4.04. The smallest absolute Gasteiger partial charge is 0.128 e. The molecule has 2 aliphatic rings. The minimum absolute atomic E-state index is 0.160. The van der Waals surface area contributed by atoms with E-state index in [2.05, 4.69) is 22.0 Å². The summed E-state index contributed by atoms with van der Waals surface area (Å²) in [5, 5.41) is 0. The Bertz CT molecular complexity index is 375. The monoisotopic (exact) mass is 231 g/mol. The van der Waals surface area contributed by atoms with Gasteiger partial charge in [-0.1, -0.05) is 6.07 Å². The molecule has 3 nitrogen and oxygen atoms in total. The quantitative estimate of drug-likeness (QED) is 0.863. The predicted octanol–water partition coefficient (Wildman–Crippen LogP) is 2.11. The maximum Gasteiger partial charge on any atom is 0.128 e. The van der Waals surface area contributed by atoms with Gasteiger partial charge in [-0.2, -0.15) is 0 Å². The van der Waals surface area contributed by atoms with E-state index in [0.717, 1.165) is 31.7 Å². The molecule has 1 saturated carbocycles. The zero-order valence-electron chi connectivity index (χ0n) is 10.4. The van der Waals surface area contributed by atoms with E-state index in [1.807, 2.05) is 6.20 Å². The molecule has 3 heteroatoms. The second kappa shape index (κ2) is 4.30. The number of nitrogens with two attached hydrogens (primary N) is 1. The van der Waals surface area contributed by atoms with Crippen molar-refractivity contribution < 1.29 is 0 Å². The molecule has 0 atom stereocenters. The Labute approximate surface area is 103 Å². The molecule has 2 N–H and O–H groups in total. The molecule has 17 heavy (non-hydrogen) atoms. The minimum atomic E-state index is 0.160. The average Bonchev–Trinajstić information content (AvgIpc) is 2.89. The van der Waals surface area contributed by atoms with Gasteiger partial charge in [0.05, 0.1) is 0 Å². The summed E-state index contributed by atoms with van der Waals surface area (Å²) >= 11 is 0.